The molecule has 0 amide bonds. The molecule has 6 unspecified atom stereocenters. The molecule has 0 spiro atoms. The van der Waals surface area contributed by atoms with Gasteiger partial charge in [-0.3, -0.25) is 29.1 Å². The molecule has 0 saturated carbocycles. The zero-order valence-corrected chi connectivity index (χ0v) is 79.9. The van der Waals surface area contributed by atoms with Gasteiger partial charge in [0, 0.05) is 77.3 Å². The highest BCUT2D eigenvalue weighted by molar-refractivity contribution is 5.87. The Bertz CT molecular complexity index is 5930. The van der Waals surface area contributed by atoms with Crippen LogP contribution in [0.2, 0.25) is 0 Å². The number of carbonyl (C=O) groups is 4. The van der Waals surface area contributed by atoms with Gasteiger partial charge in [0.25, 0.3) is 0 Å². The molecule has 3 aliphatic rings. The Hall–Kier alpha value is -12.5. The van der Waals surface area contributed by atoms with Crippen molar-refractivity contribution < 1.29 is 71.9 Å². The topological polar surface area (TPSA) is 142 Å². The lowest BCUT2D eigenvalue weighted by Gasteiger charge is -2.28. The van der Waals surface area contributed by atoms with E-state index in [1.54, 1.807) is 27.0 Å². The number of hydrogen-bond donors (Lipinski definition) is 4. The quantitative estimate of drug-likeness (QED) is 0.0368. The summed E-state index contributed by atoms with van der Waals surface area (Å²) in [7, 11) is 0. The van der Waals surface area contributed by atoms with E-state index in [2.05, 4.69) is 154 Å². The lowest BCUT2D eigenvalue weighted by molar-refractivity contribution is -0.138. The van der Waals surface area contributed by atoms with Gasteiger partial charge in [0.05, 0.1) is 40.4 Å². The van der Waals surface area contributed by atoms with Gasteiger partial charge >= 0.3 is 24.7 Å². The van der Waals surface area contributed by atoms with E-state index in [0.717, 1.165) is 197 Å². The first kappa shape index (κ1) is 103. The SMILES string of the molecule is CC(=O)C(CC(C)C)c1cc(NC2CCCc3ccccc32)cc(-c2ccc(C(F)(F)F)cc2)c1.CC(=O)C(CC(C)C)c1cc(NC2CCCc3ncccc32)cc(-c2ccc(C(F)(F)F)cc2)c1.CC(=O)C(CC(C)C)c1cc(NCc2ccc(C(C)(C)C)cc2)cc(-c2ccc(C(F)(F)F)cc2)c1.CC(=O)Cc1cc(NC2CCCc3ncccc32)cc(-c2ccc(C(F)(F)F)cc2)c1. The van der Waals surface area contributed by atoms with Crippen LogP contribution in [0.3, 0.4) is 0 Å². The van der Waals surface area contributed by atoms with Gasteiger partial charge in [-0.05, 0) is 337 Å². The van der Waals surface area contributed by atoms with Crippen LogP contribution in [0.1, 0.15) is 273 Å². The Morgan fingerprint density at radius 1 is 0.336 bits per heavy atom. The average Bonchev–Trinajstić information content (AvgIpc) is 0.800. The summed E-state index contributed by atoms with van der Waals surface area (Å²) >= 11 is 0. The molecule has 3 aliphatic carbocycles. The highest BCUT2D eigenvalue weighted by atomic mass is 19.4. The fourth-order valence-corrected chi connectivity index (χ4v) is 18.4. The van der Waals surface area contributed by atoms with E-state index < -0.39 is 47.0 Å². The number of halogens is 12. The molecule has 0 bridgehead atoms. The number of pyridine rings is 2. The fraction of sp³-hybridized carbons (Fsp3) is 0.357. The third-order valence-electron chi connectivity index (χ3n) is 25.4. The number of aryl methyl sites for hydroxylation is 3. The van der Waals surface area contributed by atoms with Crippen LogP contribution in [0, 0.1) is 17.8 Å². The Morgan fingerprint density at radius 3 is 0.993 bits per heavy atom. The van der Waals surface area contributed by atoms with Crippen LogP contribution in [0.4, 0.5) is 75.4 Å². The molecule has 4 N–H and O–H groups in total. The number of Topliss-reactive ketones (excluding diaryl/α,β-unsaturated/α-hetero) is 4. The van der Waals surface area contributed by atoms with Crippen LogP contribution < -0.4 is 21.3 Å². The van der Waals surface area contributed by atoms with E-state index in [9.17, 15) is 71.9 Å². The van der Waals surface area contributed by atoms with E-state index in [4.69, 9.17) is 0 Å². The number of ketones is 4. The minimum Gasteiger partial charge on any atom is -0.381 e. The van der Waals surface area contributed by atoms with E-state index in [-0.39, 0.29) is 70.8 Å². The maximum Gasteiger partial charge on any atom is 0.416 e. The smallest absolute Gasteiger partial charge is 0.381 e. The maximum atomic E-state index is 13.1. The van der Waals surface area contributed by atoms with Crippen molar-refractivity contribution >= 4 is 45.9 Å². The number of nitrogens with zero attached hydrogens (tertiary/aromatic N) is 2. The standard InChI is InChI=1S/C31H36F3NO.C30H32F3NO.C29H31F3N2O.C25H23F3N2O/c1-20(2)15-29(21(3)36)25-16-24(23-9-13-27(14-10-23)31(32,33)34)17-28(18-25)35-19-22-7-11-26(12-8-22)30(4,5)6;1-19(2)15-28(20(3)35)24-16-23(21-11-13-25(14-12-21)30(31,32)33)17-26(18-24)34-29-10-6-8-22-7-4-5-9-27(22)29;1-18(2)14-26(19(3)35)22-15-21(20-9-11-23(12-10-20)29(30,31)32)16-24(17-22)34-28-8-4-7-27-25(28)6-5-13-33-27;1-16(31)12-17-13-19(18-7-9-20(10-8-18)25(26,27)28)15-21(14-17)30-24-6-2-5-23-22(24)4-3-11-29-23/h7-14,16-18,20,29,35H,15,19H2,1-6H3;4-5,7,9,11-14,16-19,28-29,34H,6,8,10,15H2,1-3H3;5-6,9-13,15-18,26,28,34H,4,7-8,14H2,1-3H3;3-4,7-11,13-15,24,30H,2,5-6,12H2,1H3. The van der Waals surface area contributed by atoms with Crippen molar-refractivity contribution in [2.24, 2.45) is 17.8 Å². The number of carbonyl (C=O) groups excluding carboxylic acids is 4. The zero-order valence-electron chi connectivity index (χ0n) is 79.9. The third-order valence-corrected chi connectivity index (χ3v) is 25.4. The van der Waals surface area contributed by atoms with Crippen molar-refractivity contribution in [3.8, 4) is 44.5 Å². The number of benzene rings is 10. The molecule has 0 saturated heterocycles. The highest BCUT2D eigenvalue weighted by Gasteiger charge is 2.36. The largest absolute Gasteiger partial charge is 0.416 e. The third kappa shape index (κ3) is 28.8. The molecule has 720 valence electrons. The van der Waals surface area contributed by atoms with Gasteiger partial charge < -0.3 is 21.3 Å². The van der Waals surface area contributed by atoms with Gasteiger partial charge in [-0.2, -0.15) is 52.7 Å². The predicted octanol–water partition coefficient (Wildman–Crippen LogP) is 31.9. The molecule has 12 aromatic rings. The average molecular weight is 1880 g/mol. The first-order chi connectivity index (χ1) is 64.8. The Labute approximate surface area is 797 Å². The zero-order chi connectivity index (χ0) is 99.0. The van der Waals surface area contributed by atoms with Crippen molar-refractivity contribution in [1.29, 1.82) is 0 Å². The van der Waals surface area contributed by atoms with Gasteiger partial charge in [-0.25, -0.2) is 0 Å². The van der Waals surface area contributed by atoms with Crippen LogP contribution >= 0.6 is 0 Å². The van der Waals surface area contributed by atoms with Crippen LogP contribution in [0.5, 0.6) is 0 Å². The molecular formula is C115H122F12N6O4. The summed E-state index contributed by atoms with van der Waals surface area (Å²) < 4.78 is 157. The molecule has 2 aromatic heterocycles. The van der Waals surface area contributed by atoms with Crippen molar-refractivity contribution in [3.63, 3.8) is 0 Å². The van der Waals surface area contributed by atoms with Crippen molar-refractivity contribution in [1.82, 2.24) is 9.97 Å². The molecular weight excluding hydrogens is 1760 g/mol. The molecule has 10 nitrogen and oxygen atoms in total. The summed E-state index contributed by atoms with van der Waals surface area (Å²) in [6, 6.07) is 69.5. The van der Waals surface area contributed by atoms with Crippen molar-refractivity contribution in [2.45, 2.75) is 246 Å². The number of anilines is 4. The predicted molar refractivity (Wildman–Crippen MR) is 526 cm³/mol. The van der Waals surface area contributed by atoms with E-state index >= 15 is 0 Å². The van der Waals surface area contributed by atoms with E-state index in [0.29, 0.717) is 59.4 Å². The summed E-state index contributed by atoms with van der Waals surface area (Å²) in [4.78, 5) is 58.5. The van der Waals surface area contributed by atoms with Gasteiger partial charge in [-0.1, -0.05) is 196 Å². The number of hydrogen-bond acceptors (Lipinski definition) is 10. The van der Waals surface area contributed by atoms with E-state index in [1.165, 1.54) is 83.3 Å². The second-order valence-electron chi connectivity index (χ2n) is 38.9. The van der Waals surface area contributed by atoms with Crippen molar-refractivity contribution in [2.75, 3.05) is 21.3 Å². The minimum absolute atomic E-state index is 0.0303. The van der Waals surface area contributed by atoms with Gasteiger partial charge in [0.15, 0.2) is 0 Å². The summed E-state index contributed by atoms with van der Waals surface area (Å²) in [6.45, 7) is 26.0. The summed E-state index contributed by atoms with van der Waals surface area (Å²) in [5, 5.41) is 14.3. The summed E-state index contributed by atoms with van der Waals surface area (Å²) in [5.74, 6) is 0.469. The van der Waals surface area contributed by atoms with Crippen LogP contribution in [0.15, 0.2) is 255 Å². The number of aromatic nitrogens is 2. The molecule has 22 heteroatoms. The van der Waals surface area contributed by atoms with Crippen LogP contribution in [-0.4, -0.2) is 33.1 Å². The highest BCUT2D eigenvalue weighted by Crippen LogP contribution is 2.45. The van der Waals surface area contributed by atoms with Gasteiger partial charge in [0.1, 0.15) is 23.1 Å². The molecule has 0 aliphatic heterocycles. The number of nitrogens with one attached hydrogen (secondary N) is 4. The summed E-state index contributed by atoms with van der Waals surface area (Å²) in [6.07, 6.45) is -2.46. The van der Waals surface area contributed by atoms with Crippen molar-refractivity contribution in [3.05, 3.63) is 344 Å². The lowest BCUT2D eigenvalue weighted by Crippen LogP contribution is -2.19. The lowest BCUT2D eigenvalue weighted by atomic mass is 9.85. The monoisotopic (exact) mass is 1880 g/mol. The first-order valence-electron chi connectivity index (χ1n) is 47.1. The number of fused-ring (bicyclic) bond motifs is 3. The Balaban J connectivity index is 0.000000164. The number of alkyl halides is 12. The minimum atomic E-state index is -4.38. The summed E-state index contributed by atoms with van der Waals surface area (Å²) in [5.41, 5.74) is 19.7. The molecule has 137 heavy (non-hydrogen) atoms. The van der Waals surface area contributed by atoms with Gasteiger partial charge in [0.2, 0.25) is 0 Å². The van der Waals surface area contributed by atoms with Crippen LogP contribution in [0.25, 0.3) is 44.5 Å². The normalized spacial score (nSPS) is 15.5. The second kappa shape index (κ2) is 45.2. The van der Waals surface area contributed by atoms with Crippen LogP contribution in [-0.2, 0) is 81.5 Å². The van der Waals surface area contributed by atoms with E-state index in [1.807, 2.05) is 91.1 Å². The molecule has 0 radical (unpaired) electrons. The maximum absolute atomic E-state index is 13.1. The Kier molecular flexibility index (Phi) is 34.2. The first-order valence-corrected chi connectivity index (χ1v) is 47.1. The molecule has 2 heterocycles. The molecule has 6 atom stereocenters. The second-order valence-corrected chi connectivity index (χ2v) is 38.9. The Morgan fingerprint density at radius 2 is 0.650 bits per heavy atom. The molecule has 10 aromatic carbocycles. The number of rotatable bonds is 27. The molecule has 0 fully saturated rings. The fourth-order valence-electron chi connectivity index (χ4n) is 18.4. The van der Waals surface area contributed by atoms with Gasteiger partial charge in [-0.15, -0.1) is 0 Å². The molecule has 15 rings (SSSR count).